The van der Waals surface area contributed by atoms with Crippen LogP contribution < -0.4 is 4.74 Å². The Balaban J connectivity index is 1.71. The van der Waals surface area contributed by atoms with Gasteiger partial charge >= 0.3 is 0 Å². The zero-order valence-corrected chi connectivity index (χ0v) is 13.6. The topological polar surface area (TPSA) is 62.7 Å². The minimum atomic E-state index is -0.465. The number of aliphatic hydroxyl groups excluding tert-OH is 1. The summed E-state index contributed by atoms with van der Waals surface area (Å²) in [5.74, 6) is 0.347. The summed E-state index contributed by atoms with van der Waals surface area (Å²) in [4.78, 5) is 18.8. The van der Waals surface area contributed by atoms with Gasteiger partial charge in [-0.2, -0.15) is 0 Å². The quantitative estimate of drug-likeness (QED) is 0.941. The van der Waals surface area contributed by atoms with Crippen molar-refractivity contribution in [2.24, 2.45) is 0 Å². The van der Waals surface area contributed by atoms with E-state index in [9.17, 15) is 9.90 Å². The van der Waals surface area contributed by atoms with Crippen molar-refractivity contribution in [3.8, 4) is 5.88 Å². The summed E-state index contributed by atoms with van der Waals surface area (Å²) < 4.78 is 5.94. The largest absolute Gasteiger partial charge is 0.473 e. The lowest BCUT2D eigenvalue weighted by atomic mass is 9.92. The molecule has 2 aromatic rings. The first kappa shape index (κ1) is 15.1. The van der Waals surface area contributed by atoms with Gasteiger partial charge < -0.3 is 14.7 Å². The molecule has 1 N–H and O–H groups in total. The number of fused-ring (bicyclic) bond motifs is 4. The van der Waals surface area contributed by atoms with E-state index in [0.717, 1.165) is 17.5 Å². The number of hydrogen-bond donors (Lipinski definition) is 1. The molecule has 1 aliphatic heterocycles. The number of aliphatic hydroxyl groups is 1. The summed E-state index contributed by atoms with van der Waals surface area (Å²) in [5.41, 5.74) is 2.40. The highest BCUT2D eigenvalue weighted by Crippen LogP contribution is 2.44. The third kappa shape index (κ3) is 2.45. The lowest BCUT2D eigenvalue weighted by Gasteiger charge is -2.25. The Bertz CT molecular complexity index is 762. The zero-order chi connectivity index (χ0) is 16.7. The molecule has 2 bridgehead atoms. The van der Waals surface area contributed by atoms with E-state index in [4.69, 9.17) is 4.74 Å². The predicted molar refractivity (Wildman–Crippen MR) is 88.9 cm³/mol. The van der Waals surface area contributed by atoms with Crippen LogP contribution in [0.2, 0.25) is 0 Å². The van der Waals surface area contributed by atoms with Crippen LogP contribution in [0.3, 0.4) is 0 Å². The molecule has 2 heterocycles. The van der Waals surface area contributed by atoms with Gasteiger partial charge in [0.1, 0.15) is 6.61 Å². The molecular formula is C19H20N2O3. The van der Waals surface area contributed by atoms with Crippen LogP contribution in [-0.2, 0) is 6.61 Å². The molecule has 1 saturated carbocycles. The standard InChI is InChI=1S/C19H20N2O3/c1-21-13-9-15(16(22)10-13)17-14(19(21)23)7-8-20-18(17)24-11-12-5-3-2-4-6-12/h2-8,13,15-16,22H,9-11H2,1H3. The Morgan fingerprint density at radius 2 is 2.04 bits per heavy atom. The van der Waals surface area contributed by atoms with E-state index in [-0.39, 0.29) is 17.9 Å². The lowest BCUT2D eigenvalue weighted by Crippen LogP contribution is -2.36. The number of aromatic nitrogens is 1. The van der Waals surface area contributed by atoms with Crippen LogP contribution in [0.1, 0.15) is 40.2 Å². The van der Waals surface area contributed by atoms with Crippen molar-refractivity contribution in [1.82, 2.24) is 9.88 Å². The third-order valence-corrected chi connectivity index (χ3v) is 5.15. The van der Waals surface area contributed by atoms with Crippen LogP contribution in [0, 0.1) is 0 Å². The molecule has 124 valence electrons. The summed E-state index contributed by atoms with van der Waals surface area (Å²) in [6.07, 6.45) is 2.51. The molecule has 4 rings (SSSR count). The molecule has 1 aromatic heterocycles. The number of ether oxygens (including phenoxy) is 1. The lowest BCUT2D eigenvalue weighted by molar-refractivity contribution is 0.0714. The number of rotatable bonds is 3. The molecule has 1 amide bonds. The Hall–Kier alpha value is -2.40. The molecular weight excluding hydrogens is 304 g/mol. The number of carbonyl (C=O) groups is 1. The van der Waals surface area contributed by atoms with Crippen LogP contribution in [0.15, 0.2) is 42.6 Å². The van der Waals surface area contributed by atoms with E-state index in [1.54, 1.807) is 17.2 Å². The van der Waals surface area contributed by atoms with Crippen LogP contribution in [0.5, 0.6) is 5.88 Å². The molecule has 0 radical (unpaired) electrons. The second-order valence-corrected chi connectivity index (χ2v) is 6.57. The number of nitrogens with zero attached hydrogens (tertiary/aromatic N) is 2. The zero-order valence-electron chi connectivity index (χ0n) is 13.6. The van der Waals surface area contributed by atoms with Gasteiger partial charge in [-0.15, -0.1) is 0 Å². The molecule has 24 heavy (non-hydrogen) atoms. The maximum atomic E-state index is 12.7. The van der Waals surface area contributed by atoms with Crippen LogP contribution in [0.4, 0.5) is 0 Å². The predicted octanol–water partition coefficient (Wildman–Crippen LogP) is 2.35. The van der Waals surface area contributed by atoms with Gasteiger partial charge in [-0.3, -0.25) is 4.79 Å². The number of pyridine rings is 1. The van der Waals surface area contributed by atoms with Crippen molar-refractivity contribution >= 4 is 5.91 Å². The number of hydrogen-bond acceptors (Lipinski definition) is 4. The van der Waals surface area contributed by atoms with E-state index in [1.807, 2.05) is 37.4 Å². The smallest absolute Gasteiger partial charge is 0.254 e. The van der Waals surface area contributed by atoms with Gasteiger partial charge in [0.2, 0.25) is 5.88 Å². The molecule has 1 aromatic carbocycles. The Morgan fingerprint density at radius 1 is 1.25 bits per heavy atom. The Morgan fingerprint density at radius 3 is 2.83 bits per heavy atom. The van der Waals surface area contributed by atoms with E-state index >= 15 is 0 Å². The summed E-state index contributed by atoms with van der Waals surface area (Å²) in [6.45, 7) is 0.389. The fourth-order valence-electron chi connectivity index (χ4n) is 3.81. The summed E-state index contributed by atoms with van der Waals surface area (Å²) in [6, 6.07) is 11.7. The van der Waals surface area contributed by atoms with Crippen LogP contribution in [-0.4, -0.2) is 40.1 Å². The maximum absolute atomic E-state index is 12.7. The average Bonchev–Trinajstić information content (AvgIpc) is 2.96. The van der Waals surface area contributed by atoms with Gasteiger partial charge in [-0.05, 0) is 24.5 Å². The maximum Gasteiger partial charge on any atom is 0.254 e. The minimum Gasteiger partial charge on any atom is -0.473 e. The molecule has 5 heteroatoms. The molecule has 0 spiro atoms. The first-order valence-corrected chi connectivity index (χ1v) is 8.26. The first-order valence-electron chi connectivity index (χ1n) is 8.26. The first-order chi connectivity index (χ1) is 11.6. The molecule has 5 nitrogen and oxygen atoms in total. The van der Waals surface area contributed by atoms with Crippen LogP contribution >= 0.6 is 0 Å². The van der Waals surface area contributed by atoms with Crippen molar-refractivity contribution in [2.75, 3.05) is 7.05 Å². The van der Waals surface area contributed by atoms with Gasteiger partial charge in [0, 0.05) is 30.8 Å². The molecule has 0 saturated heterocycles. The molecule has 1 aliphatic carbocycles. The van der Waals surface area contributed by atoms with Crippen molar-refractivity contribution in [1.29, 1.82) is 0 Å². The Kier molecular flexibility index (Phi) is 3.73. The van der Waals surface area contributed by atoms with Crippen LogP contribution in [0.25, 0.3) is 0 Å². The van der Waals surface area contributed by atoms with Gasteiger partial charge in [0.15, 0.2) is 0 Å². The summed E-state index contributed by atoms with van der Waals surface area (Å²) in [5, 5.41) is 10.5. The van der Waals surface area contributed by atoms with E-state index in [0.29, 0.717) is 24.5 Å². The van der Waals surface area contributed by atoms with E-state index in [2.05, 4.69) is 4.98 Å². The Labute approximate surface area is 140 Å². The summed E-state index contributed by atoms with van der Waals surface area (Å²) in [7, 11) is 1.81. The molecule has 2 aliphatic rings. The van der Waals surface area contributed by atoms with E-state index in [1.165, 1.54) is 0 Å². The minimum absolute atomic E-state index is 0.0173. The molecule has 3 unspecified atom stereocenters. The van der Waals surface area contributed by atoms with Crippen molar-refractivity contribution in [2.45, 2.75) is 37.5 Å². The highest BCUT2D eigenvalue weighted by Gasteiger charge is 2.44. The fourth-order valence-corrected chi connectivity index (χ4v) is 3.81. The average molecular weight is 324 g/mol. The van der Waals surface area contributed by atoms with Crippen molar-refractivity contribution in [3.05, 3.63) is 59.3 Å². The SMILES string of the molecule is CN1C(=O)c2ccnc(OCc3ccccc3)c2C2CC1CC2O. The van der Waals surface area contributed by atoms with Gasteiger partial charge in [0.05, 0.1) is 11.7 Å². The third-order valence-electron chi connectivity index (χ3n) is 5.15. The molecule has 3 atom stereocenters. The second-order valence-electron chi connectivity index (χ2n) is 6.57. The molecule has 1 fully saturated rings. The van der Waals surface area contributed by atoms with E-state index < -0.39 is 6.10 Å². The number of carbonyl (C=O) groups excluding carboxylic acids is 1. The normalized spacial score (nSPS) is 25.3. The number of benzene rings is 1. The monoisotopic (exact) mass is 324 g/mol. The second kappa shape index (κ2) is 5.91. The highest BCUT2D eigenvalue weighted by molar-refractivity contribution is 5.97. The summed E-state index contributed by atoms with van der Waals surface area (Å²) >= 11 is 0. The highest BCUT2D eigenvalue weighted by atomic mass is 16.5. The fraction of sp³-hybridized carbons (Fsp3) is 0.368. The van der Waals surface area contributed by atoms with Gasteiger partial charge in [0.25, 0.3) is 5.91 Å². The van der Waals surface area contributed by atoms with Gasteiger partial charge in [-0.1, -0.05) is 30.3 Å². The van der Waals surface area contributed by atoms with Gasteiger partial charge in [-0.25, -0.2) is 4.98 Å². The van der Waals surface area contributed by atoms with Crippen molar-refractivity contribution in [3.63, 3.8) is 0 Å². The number of amides is 1. The van der Waals surface area contributed by atoms with Crippen molar-refractivity contribution < 1.29 is 14.6 Å².